The standard InChI is InChI=1S/C22H29N5O2/c28-22(26-12-3-4-13-26)17-29-20-9-2-1-7-18(20)15-23-19-8-6-14-27(16-19)21-10-5-11-24-25-21/h1-2,5,7,9-11,19,23H,3-4,6,8,12-17H2. The minimum absolute atomic E-state index is 0.0807. The van der Waals surface area contributed by atoms with Crippen LogP contribution in [0.25, 0.3) is 0 Å². The summed E-state index contributed by atoms with van der Waals surface area (Å²) in [6.45, 7) is 4.46. The molecule has 7 nitrogen and oxygen atoms in total. The van der Waals surface area contributed by atoms with E-state index in [-0.39, 0.29) is 12.5 Å². The first-order valence-corrected chi connectivity index (χ1v) is 10.5. The molecule has 1 atom stereocenters. The van der Waals surface area contributed by atoms with Crippen molar-refractivity contribution in [3.05, 3.63) is 48.2 Å². The molecule has 1 N–H and O–H groups in total. The third-order valence-corrected chi connectivity index (χ3v) is 5.67. The molecule has 2 aliphatic heterocycles. The van der Waals surface area contributed by atoms with Crippen molar-refractivity contribution >= 4 is 11.7 Å². The minimum Gasteiger partial charge on any atom is -0.483 e. The van der Waals surface area contributed by atoms with Crippen LogP contribution in [0.2, 0.25) is 0 Å². The number of nitrogens with zero attached hydrogens (tertiary/aromatic N) is 4. The number of carbonyl (C=O) groups excluding carboxylic acids is 1. The smallest absolute Gasteiger partial charge is 0.260 e. The van der Waals surface area contributed by atoms with Gasteiger partial charge >= 0.3 is 0 Å². The summed E-state index contributed by atoms with van der Waals surface area (Å²) in [6, 6.07) is 12.3. The number of amides is 1. The maximum atomic E-state index is 12.3. The van der Waals surface area contributed by atoms with Crippen molar-refractivity contribution in [2.45, 2.75) is 38.3 Å². The average Bonchev–Trinajstić information content (AvgIpc) is 3.32. The van der Waals surface area contributed by atoms with Crippen LogP contribution in [0.4, 0.5) is 5.82 Å². The third kappa shape index (κ3) is 5.23. The van der Waals surface area contributed by atoms with Gasteiger partial charge in [-0.05, 0) is 43.9 Å². The molecule has 3 heterocycles. The molecule has 4 rings (SSSR count). The van der Waals surface area contributed by atoms with Gasteiger partial charge in [-0.1, -0.05) is 18.2 Å². The van der Waals surface area contributed by atoms with Crippen molar-refractivity contribution in [3.63, 3.8) is 0 Å². The van der Waals surface area contributed by atoms with Gasteiger partial charge in [0.1, 0.15) is 5.75 Å². The van der Waals surface area contributed by atoms with E-state index in [1.54, 1.807) is 6.20 Å². The topological polar surface area (TPSA) is 70.6 Å². The second kappa shape index (κ2) is 9.69. The summed E-state index contributed by atoms with van der Waals surface area (Å²) in [5.41, 5.74) is 1.08. The van der Waals surface area contributed by atoms with Gasteiger partial charge in [-0.25, -0.2) is 0 Å². The molecular weight excluding hydrogens is 366 g/mol. The van der Waals surface area contributed by atoms with E-state index in [1.807, 2.05) is 35.2 Å². The molecule has 1 amide bonds. The lowest BCUT2D eigenvalue weighted by Crippen LogP contribution is -2.45. The number of benzene rings is 1. The summed E-state index contributed by atoms with van der Waals surface area (Å²) in [6.07, 6.45) is 6.15. The molecular formula is C22H29N5O2. The second-order valence-corrected chi connectivity index (χ2v) is 7.73. The SMILES string of the molecule is O=C(COc1ccccc1CNC1CCCN(c2cccnn2)C1)N1CCCC1. The summed E-state index contributed by atoms with van der Waals surface area (Å²) in [5, 5.41) is 11.9. The van der Waals surface area contributed by atoms with Crippen molar-refractivity contribution in [1.29, 1.82) is 0 Å². The highest BCUT2D eigenvalue weighted by atomic mass is 16.5. The highest BCUT2D eigenvalue weighted by molar-refractivity contribution is 5.78. The molecule has 0 bridgehead atoms. The Bertz CT molecular complexity index is 795. The Morgan fingerprint density at radius 3 is 2.79 bits per heavy atom. The van der Waals surface area contributed by atoms with E-state index in [2.05, 4.69) is 26.5 Å². The summed E-state index contributed by atoms with van der Waals surface area (Å²) < 4.78 is 5.88. The zero-order chi connectivity index (χ0) is 19.9. The largest absolute Gasteiger partial charge is 0.483 e. The molecule has 1 aromatic heterocycles. The lowest BCUT2D eigenvalue weighted by molar-refractivity contribution is -0.132. The first kappa shape index (κ1) is 19.6. The molecule has 1 aromatic carbocycles. The van der Waals surface area contributed by atoms with Crippen LogP contribution >= 0.6 is 0 Å². The summed E-state index contributed by atoms with van der Waals surface area (Å²) in [7, 11) is 0. The first-order valence-electron chi connectivity index (χ1n) is 10.5. The van der Waals surface area contributed by atoms with E-state index in [1.165, 1.54) is 0 Å². The molecule has 7 heteroatoms. The Labute approximate surface area is 172 Å². The van der Waals surface area contributed by atoms with Gasteiger partial charge in [0, 0.05) is 50.5 Å². The zero-order valence-corrected chi connectivity index (χ0v) is 16.8. The van der Waals surface area contributed by atoms with Gasteiger partial charge in [0.15, 0.2) is 12.4 Å². The molecule has 2 fully saturated rings. The van der Waals surface area contributed by atoms with Gasteiger partial charge in [0.25, 0.3) is 5.91 Å². The number of piperidine rings is 1. The highest BCUT2D eigenvalue weighted by Gasteiger charge is 2.21. The predicted molar refractivity (Wildman–Crippen MR) is 112 cm³/mol. The van der Waals surface area contributed by atoms with Crippen LogP contribution in [0, 0.1) is 0 Å². The normalized spacial score (nSPS) is 19.4. The molecule has 2 aromatic rings. The van der Waals surface area contributed by atoms with E-state index >= 15 is 0 Å². The number of hydrogen-bond acceptors (Lipinski definition) is 6. The summed E-state index contributed by atoms with van der Waals surface area (Å²) in [5.74, 6) is 1.80. The Kier molecular flexibility index (Phi) is 6.56. The molecule has 0 radical (unpaired) electrons. The minimum atomic E-state index is 0.0807. The Balaban J connectivity index is 1.31. The number of ether oxygens (including phenoxy) is 1. The van der Waals surface area contributed by atoms with Crippen molar-refractivity contribution in [3.8, 4) is 5.75 Å². The Hall–Kier alpha value is -2.67. The Morgan fingerprint density at radius 1 is 1.10 bits per heavy atom. The van der Waals surface area contributed by atoms with Gasteiger partial charge in [-0.3, -0.25) is 4.79 Å². The van der Waals surface area contributed by atoms with Crippen LogP contribution in [-0.2, 0) is 11.3 Å². The third-order valence-electron chi connectivity index (χ3n) is 5.67. The van der Waals surface area contributed by atoms with Crippen LogP contribution < -0.4 is 15.0 Å². The van der Waals surface area contributed by atoms with Crippen molar-refractivity contribution in [1.82, 2.24) is 20.4 Å². The van der Waals surface area contributed by atoms with Crippen LogP contribution in [0.5, 0.6) is 5.75 Å². The van der Waals surface area contributed by atoms with Gasteiger partial charge in [-0.2, -0.15) is 5.10 Å². The van der Waals surface area contributed by atoms with E-state index in [4.69, 9.17) is 4.74 Å². The predicted octanol–water partition coefficient (Wildman–Crippen LogP) is 2.24. The number of aromatic nitrogens is 2. The number of carbonyl (C=O) groups is 1. The van der Waals surface area contributed by atoms with E-state index < -0.39 is 0 Å². The van der Waals surface area contributed by atoms with Crippen LogP contribution in [0.1, 0.15) is 31.2 Å². The van der Waals surface area contributed by atoms with Gasteiger partial charge in [-0.15, -0.1) is 5.10 Å². The molecule has 29 heavy (non-hydrogen) atoms. The Morgan fingerprint density at radius 2 is 1.97 bits per heavy atom. The number of hydrogen-bond donors (Lipinski definition) is 1. The highest BCUT2D eigenvalue weighted by Crippen LogP contribution is 2.21. The molecule has 0 aliphatic carbocycles. The van der Waals surface area contributed by atoms with Gasteiger partial charge in [0.05, 0.1) is 0 Å². The fourth-order valence-corrected chi connectivity index (χ4v) is 4.06. The molecule has 2 saturated heterocycles. The lowest BCUT2D eigenvalue weighted by atomic mass is 10.0. The lowest BCUT2D eigenvalue weighted by Gasteiger charge is -2.33. The number of para-hydroxylation sites is 1. The number of nitrogens with one attached hydrogen (secondary N) is 1. The fourth-order valence-electron chi connectivity index (χ4n) is 4.06. The van der Waals surface area contributed by atoms with Crippen LogP contribution in [-0.4, -0.2) is 59.8 Å². The maximum Gasteiger partial charge on any atom is 0.260 e. The first-order chi connectivity index (χ1) is 14.3. The molecule has 0 spiro atoms. The van der Waals surface area contributed by atoms with E-state index in [0.29, 0.717) is 12.6 Å². The fraction of sp³-hybridized carbons (Fsp3) is 0.500. The zero-order valence-electron chi connectivity index (χ0n) is 16.8. The van der Waals surface area contributed by atoms with E-state index in [9.17, 15) is 4.79 Å². The molecule has 154 valence electrons. The number of likely N-dealkylation sites (tertiary alicyclic amines) is 1. The van der Waals surface area contributed by atoms with Gasteiger partial charge < -0.3 is 19.9 Å². The molecule has 1 unspecified atom stereocenters. The van der Waals surface area contributed by atoms with Crippen molar-refractivity contribution < 1.29 is 9.53 Å². The maximum absolute atomic E-state index is 12.3. The van der Waals surface area contributed by atoms with Gasteiger partial charge in [0.2, 0.25) is 0 Å². The monoisotopic (exact) mass is 395 g/mol. The number of anilines is 1. The summed E-state index contributed by atoms with van der Waals surface area (Å²) in [4.78, 5) is 16.5. The van der Waals surface area contributed by atoms with Crippen molar-refractivity contribution in [2.75, 3.05) is 37.7 Å². The molecule has 0 saturated carbocycles. The van der Waals surface area contributed by atoms with Crippen molar-refractivity contribution in [2.24, 2.45) is 0 Å². The number of rotatable bonds is 7. The van der Waals surface area contributed by atoms with Crippen LogP contribution in [0.3, 0.4) is 0 Å². The average molecular weight is 396 g/mol. The summed E-state index contributed by atoms with van der Waals surface area (Å²) >= 11 is 0. The molecule has 2 aliphatic rings. The van der Waals surface area contributed by atoms with Crippen LogP contribution in [0.15, 0.2) is 42.6 Å². The quantitative estimate of drug-likeness (QED) is 0.775. The second-order valence-electron chi connectivity index (χ2n) is 7.73. The van der Waals surface area contributed by atoms with E-state index in [0.717, 1.165) is 69.0 Å².